The molecular weight excluding hydrogens is 306 g/mol. The van der Waals surface area contributed by atoms with Crippen LogP contribution in [0.1, 0.15) is 49.7 Å². The third kappa shape index (κ3) is 3.99. The molecule has 132 valence electrons. The Morgan fingerprint density at radius 3 is 2.46 bits per heavy atom. The molecule has 2 aromatic rings. The predicted molar refractivity (Wildman–Crippen MR) is 92.0 cm³/mol. The summed E-state index contributed by atoms with van der Waals surface area (Å²) in [6, 6.07) is 3.58. The van der Waals surface area contributed by atoms with E-state index < -0.39 is 0 Å². The summed E-state index contributed by atoms with van der Waals surface area (Å²) in [5, 5.41) is 7.30. The summed E-state index contributed by atoms with van der Waals surface area (Å²) >= 11 is 0. The normalized spacial score (nSPS) is 13.0. The van der Waals surface area contributed by atoms with Crippen molar-refractivity contribution in [3.63, 3.8) is 0 Å². The maximum atomic E-state index is 12.4. The molecule has 2 heterocycles. The number of ether oxygens (including phenoxy) is 1. The Labute approximate surface area is 143 Å². The minimum atomic E-state index is -0.224. The fraction of sp³-hybridized carbons (Fsp3) is 0.556. The molecule has 1 atom stereocenters. The van der Waals surface area contributed by atoms with Crippen molar-refractivity contribution in [2.45, 2.75) is 47.6 Å². The van der Waals surface area contributed by atoms with Crippen molar-refractivity contribution in [3.05, 3.63) is 35.0 Å². The Morgan fingerprint density at radius 1 is 1.33 bits per heavy atom. The second kappa shape index (κ2) is 6.71. The van der Waals surface area contributed by atoms with Crippen LogP contribution in [-0.4, -0.2) is 22.3 Å². The summed E-state index contributed by atoms with van der Waals surface area (Å²) < 4.78 is 13.1. The van der Waals surface area contributed by atoms with Gasteiger partial charge in [0.05, 0.1) is 11.7 Å². The van der Waals surface area contributed by atoms with Crippen molar-refractivity contribution in [2.24, 2.45) is 12.5 Å². The van der Waals surface area contributed by atoms with Crippen LogP contribution in [0.3, 0.4) is 0 Å². The topological polar surface area (TPSA) is 69.3 Å². The molecule has 0 bridgehead atoms. The zero-order valence-electron chi connectivity index (χ0n) is 15.6. The number of aryl methyl sites for hydroxylation is 3. The summed E-state index contributed by atoms with van der Waals surface area (Å²) in [4.78, 5) is 12.4. The molecule has 0 aliphatic rings. The third-order valence-electron chi connectivity index (χ3n) is 4.01. The molecule has 0 fully saturated rings. The lowest BCUT2D eigenvalue weighted by Crippen LogP contribution is -2.39. The van der Waals surface area contributed by atoms with Gasteiger partial charge in [0.2, 0.25) is 0 Å². The van der Waals surface area contributed by atoms with E-state index >= 15 is 0 Å². The van der Waals surface area contributed by atoms with E-state index in [2.05, 4.69) is 31.2 Å². The maximum Gasteiger partial charge on any atom is 0.258 e. The lowest BCUT2D eigenvalue weighted by molar-refractivity contribution is -0.124. The van der Waals surface area contributed by atoms with Gasteiger partial charge in [-0.2, -0.15) is 5.10 Å². The Balaban J connectivity index is 2.06. The number of amides is 1. The van der Waals surface area contributed by atoms with Crippen LogP contribution in [0.4, 0.5) is 0 Å². The van der Waals surface area contributed by atoms with E-state index in [0.29, 0.717) is 5.75 Å². The number of furan rings is 1. The van der Waals surface area contributed by atoms with Gasteiger partial charge in [-0.15, -0.1) is 0 Å². The Morgan fingerprint density at radius 2 is 2.00 bits per heavy atom. The first-order chi connectivity index (χ1) is 11.1. The van der Waals surface area contributed by atoms with Crippen LogP contribution < -0.4 is 10.1 Å². The first-order valence-corrected chi connectivity index (χ1v) is 8.08. The zero-order valence-corrected chi connectivity index (χ0v) is 15.6. The summed E-state index contributed by atoms with van der Waals surface area (Å²) in [5.74, 6) is 2.05. The van der Waals surface area contributed by atoms with Gasteiger partial charge in [0.1, 0.15) is 17.2 Å². The number of aromatic nitrogens is 2. The number of carbonyl (C=O) groups is 1. The number of rotatable bonds is 5. The van der Waals surface area contributed by atoms with Crippen LogP contribution >= 0.6 is 0 Å². The summed E-state index contributed by atoms with van der Waals surface area (Å²) in [7, 11) is 1.85. The van der Waals surface area contributed by atoms with Gasteiger partial charge in [-0.3, -0.25) is 9.48 Å². The van der Waals surface area contributed by atoms with E-state index in [9.17, 15) is 4.79 Å². The van der Waals surface area contributed by atoms with Crippen molar-refractivity contribution in [2.75, 3.05) is 6.61 Å². The highest BCUT2D eigenvalue weighted by Gasteiger charge is 2.30. The summed E-state index contributed by atoms with van der Waals surface area (Å²) in [5.41, 5.74) is 1.49. The Kier molecular flexibility index (Phi) is 5.06. The minimum absolute atomic E-state index is 0.0559. The summed E-state index contributed by atoms with van der Waals surface area (Å²) in [6.07, 6.45) is 0. The second-order valence-corrected chi connectivity index (χ2v) is 7.23. The molecular formula is C18H27N3O3. The molecule has 1 N–H and O–H groups in total. The largest absolute Gasteiger partial charge is 0.480 e. The number of carbonyl (C=O) groups excluding carboxylic acids is 1. The molecule has 0 radical (unpaired) electrons. The highest BCUT2D eigenvalue weighted by molar-refractivity contribution is 5.78. The number of nitrogens with one attached hydrogen (secondary N) is 1. The van der Waals surface area contributed by atoms with Gasteiger partial charge in [-0.1, -0.05) is 20.8 Å². The number of hydrogen-bond acceptors (Lipinski definition) is 4. The number of nitrogens with zero attached hydrogens (tertiary/aromatic N) is 2. The van der Waals surface area contributed by atoms with Gasteiger partial charge < -0.3 is 14.5 Å². The first-order valence-electron chi connectivity index (χ1n) is 8.08. The van der Waals surface area contributed by atoms with E-state index in [1.807, 2.05) is 40.0 Å². The van der Waals surface area contributed by atoms with Gasteiger partial charge >= 0.3 is 0 Å². The SMILES string of the molecule is Cc1ccc([C@H](NC(=O)COc2c(C)nn(C)c2C)C(C)(C)C)o1. The average Bonchev–Trinajstić information content (AvgIpc) is 2.98. The van der Waals surface area contributed by atoms with Crippen LogP contribution in [0.25, 0.3) is 0 Å². The second-order valence-electron chi connectivity index (χ2n) is 7.23. The average molecular weight is 333 g/mol. The number of hydrogen-bond donors (Lipinski definition) is 1. The lowest BCUT2D eigenvalue weighted by Gasteiger charge is -2.29. The van der Waals surface area contributed by atoms with Crippen LogP contribution in [-0.2, 0) is 11.8 Å². The third-order valence-corrected chi connectivity index (χ3v) is 4.01. The van der Waals surface area contributed by atoms with Gasteiger partial charge in [-0.25, -0.2) is 0 Å². The molecule has 0 spiro atoms. The van der Waals surface area contributed by atoms with Gasteiger partial charge in [-0.05, 0) is 38.3 Å². The van der Waals surface area contributed by atoms with Gasteiger partial charge in [0.25, 0.3) is 5.91 Å². The molecule has 6 heteroatoms. The quantitative estimate of drug-likeness (QED) is 0.912. The minimum Gasteiger partial charge on any atom is -0.480 e. The molecule has 0 aliphatic carbocycles. The van der Waals surface area contributed by atoms with Gasteiger partial charge in [0, 0.05) is 7.05 Å². The Bertz CT molecular complexity index is 722. The molecule has 0 aromatic carbocycles. The fourth-order valence-corrected chi connectivity index (χ4v) is 2.63. The highest BCUT2D eigenvalue weighted by atomic mass is 16.5. The maximum absolute atomic E-state index is 12.4. The van der Waals surface area contributed by atoms with E-state index in [-0.39, 0.29) is 24.0 Å². The van der Waals surface area contributed by atoms with Crippen molar-refractivity contribution >= 4 is 5.91 Å². The van der Waals surface area contributed by atoms with Crippen molar-refractivity contribution in [1.82, 2.24) is 15.1 Å². The van der Waals surface area contributed by atoms with Crippen molar-refractivity contribution in [1.29, 1.82) is 0 Å². The molecule has 2 rings (SSSR count). The predicted octanol–water partition coefficient (Wildman–Crippen LogP) is 3.22. The van der Waals surface area contributed by atoms with E-state index in [1.54, 1.807) is 4.68 Å². The molecule has 0 saturated heterocycles. The zero-order chi connectivity index (χ0) is 18.1. The van der Waals surface area contributed by atoms with Crippen molar-refractivity contribution in [3.8, 4) is 5.75 Å². The fourth-order valence-electron chi connectivity index (χ4n) is 2.63. The lowest BCUT2D eigenvalue weighted by atomic mass is 9.85. The van der Waals surface area contributed by atoms with Crippen LogP contribution in [0.2, 0.25) is 0 Å². The summed E-state index contributed by atoms with van der Waals surface area (Å²) in [6.45, 7) is 11.8. The molecule has 24 heavy (non-hydrogen) atoms. The van der Waals surface area contributed by atoms with Crippen LogP contribution in [0, 0.1) is 26.2 Å². The molecule has 1 amide bonds. The molecule has 0 saturated carbocycles. The Hall–Kier alpha value is -2.24. The molecule has 0 aliphatic heterocycles. The first kappa shape index (κ1) is 18.1. The van der Waals surface area contributed by atoms with Crippen LogP contribution in [0.15, 0.2) is 16.5 Å². The smallest absolute Gasteiger partial charge is 0.258 e. The monoisotopic (exact) mass is 333 g/mol. The standard InChI is InChI=1S/C18H27N3O3/c1-11-8-9-14(24-11)17(18(4,5)6)19-15(22)10-23-16-12(2)20-21(7)13(16)3/h8-9,17H,10H2,1-7H3,(H,19,22)/t17-/m0/s1. The van der Waals surface area contributed by atoms with Crippen molar-refractivity contribution < 1.29 is 13.9 Å². The molecule has 2 aromatic heterocycles. The van der Waals surface area contributed by atoms with Crippen LogP contribution in [0.5, 0.6) is 5.75 Å². The van der Waals surface area contributed by atoms with Gasteiger partial charge in [0.15, 0.2) is 12.4 Å². The van der Waals surface area contributed by atoms with E-state index in [1.165, 1.54) is 0 Å². The van der Waals surface area contributed by atoms with E-state index in [0.717, 1.165) is 22.9 Å². The molecule has 6 nitrogen and oxygen atoms in total. The molecule has 0 unspecified atom stereocenters. The highest BCUT2D eigenvalue weighted by Crippen LogP contribution is 2.33. The van der Waals surface area contributed by atoms with E-state index in [4.69, 9.17) is 9.15 Å².